The van der Waals surface area contributed by atoms with Gasteiger partial charge in [-0.05, 0) is 51.4 Å². The fourth-order valence-electron chi connectivity index (χ4n) is 6.65. The van der Waals surface area contributed by atoms with Crippen molar-refractivity contribution in [3.8, 4) is 5.75 Å². The molecule has 2 amide bonds. The Hall–Kier alpha value is -4.36. The van der Waals surface area contributed by atoms with E-state index in [0.29, 0.717) is 11.3 Å². The van der Waals surface area contributed by atoms with Gasteiger partial charge in [0.1, 0.15) is 22.8 Å². The lowest BCUT2D eigenvalue weighted by Gasteiger charge is -2.50. The number of phenols is 1. The molecule has 13 nitrogen and oxygen atoms in total. The summed E-state index contributed by atoms with van der Waals surface area (Å²) in [6.07, 6.45) is 0.984. The van der Waals surface area contributed by atoms with Crippen LogP contribution < -0.4 is 10.6 Å². The van der Waals surface area contributed by atoms with Crippen molar-refractivity contribution in [2.75, 3.05) is 46.2 Å². The van der Waals surface area contributed by atoms with Crippen molar-refractivity contribution >= 4 is 35.0 Å². The van der Waals surface area contributed by atoms with E-state index in [1.807, 2.05) is 0 Å². The Balaban J connectivity index is 0.00000529. The topological polar surface area (TPSA) is 194 Å². The number of amides is 2. The number of anilines is 1. The summed E-state index contributed by atoms with van der Waals surface area (Å²) < 4.78 is 5.12. The molecule has 1 saturated carbocycles. The van der Waals surface area contributed by atoms with Gasteiger partial charge in [0.2, 0.25) is 5.78 Å². The number of carbonyl (C=O) groups is 4. The van der Waals surface area contributed by atoms with Gasteiger partial charge in [-0.2, -0.15) is 0 Å². The van der Waals surface area contributed by atoms with Crippen molar-refractivity contribution in [3.05, 3.63) is 52.3 Å². The number of benzene rings is 1. The molecule has 1 aromatic carbocycles. The second-order valence-corrected chi connectivity index (χ2v) is 11.5. The van der Waals surface area contributed by atoms with Crippen molar-refractivity contribution in [1.29, 1.82) is 0 Å². The van der Waals surface area contributed by atoms with Crippen LogP contribution in [0.2, 0.25) is 0 Å². The van der Waals surface area contributed by atoms with Crippen LogP contribution in [0.25, 0.3) is 5.76 Å². The number of ketones is 2. The van der Waals surface area contributed by atoms with Crippen LogP contribution in [0, 0.1) is 11.8 Å². The summed E-state index contributed by atoms with van der Waals surface area (Å²) in [4.78, 5) is 56.7. The summed E-state index contributed by atoms with van der Waals surface area (Å²) >= 11 is 0. The van der Waals surface area contributed by atoms with Crippen LogP contribution in [0.15, 0.2) is 35.6 Å². The molecule has 44 heavy (non-hydrogen) atoms. The number of aromatic hydroxyl groups is 1. The fourth-order valence-corrected chi connectivity index (χ4v) is 6.65. The van der Waals surface area contributed by atoms with Gasteiger partial charge in [-0.1, -0.05) is 13.5 Å². The maximum atomic E-state index is 14.1. The summed E-state index contributed by atoms with van der Waals surface area (Å²) in [6.45, 7) is 5.44. The molecule has 3 aliphatic rings. The highest BCUT2D eigenvalue weighted by molar-refractivity contribution is 6.24. The number of carbonyl (C=O) groups excluding carboxylic acids is 4. The molecule has 240 valence electrons. The zero-order valence-corrected chi connectivity index (χ0v) is 24.9. The first kappa shape index (κ1) is 34.1. The van der Waals surface area contributed by atoms with Gasteiger partial charge in [-0.25, -0.2) is 4.79 Å². The normalized spacial score (nSPS) is 24.2. The van der Waals surface area contributed by atoms with Crippen LogP contribution in [0.4, 0.5) is 10.5 Å². The maximum Gasteiger partial charge on any atom is 0.410 e. The predicted octanol–water partition coefficient (Wildman–Crippen LogP) is 1.81. The molecule has 13 heteroatoms. The summed E-state index contributed by atoms with van der Waals surface area (Å²) in [5.74, 6) is -7.21. The quantitative estimate of drug-likeness (QED) is 0.212. The van der Waals surface area contributed by atoms with E-state index in [1.54, 1.807) is 46.1 Å². The van der Waals surface area contributed by atoms with Gasteiger partial charge < -0.3 is 40.7 Å². The molecule has 0 saturated heterocycles. The molecule has 4 atom stereocenters. The minimum absolute atomic E-state index is 0. The second kappa shape index (κ2) is 12.3. The Morgan fingerprint density at radius 1 is 1.18 bits per heavy atom. The SMILES string of the molecule is C.C=CCN(Cc1cc(N(C)C)c2c(c1O)C(O)=C1C(=O)[C@]3(O)C(O)=C(C(N)=O)C(=O)[C@@H](N(C)C)[C@@H]3C[C@@H]1C2)C(=O)OCC. The second-order valence-electron chi connectivity index (χ2n) is 11.5. The summed E-state index contributed by atoms with van der Waals surface area (Å²) in [5, 5.41) is 45.9. The number of hydrogen-bond donors (Lipinski definition) is 5. The molecule has 0 aliphatic heterocycles. The van der Waals surface area contributed by atoms with E-state index < -0.39 is 64.1 Å². The predicted molar refractivity (Wildman–Crippen MR) is 163 cm³/mol. The molecule has 0 spiro atoms. The number of primary amides is 1. The number of Topliss-reactive ketones (excluding diaryl/α,β-unsaturated/α-hetero) is 2. The number of ether oxygens (including phenoxy) is 1. The molecule has 0 bridgehead atoms. The third kappa shape index (κ3) is 5.09. The van der Waals surface area contributed by atoms with Gasteiger partial charge in [0.05, 0.1) is 24.8 Å². The largest absolute Gasteiger partial charge is 0.508 e. The first-order valence-electron chi connectivity index (χ1n) is 13.9. The number of nitrogens with zero attached hydrogens (tertiary/aromatic N) is 3. The number of aliphatic hydroxyl groups excluding tert-OH is 2. The fraction of sp³-hybridized carbons (Fsp3) is 0.484. The Morgan fingerprint density at radius 3 is 2.34 bits per heavy atom. The lowest BCUT2D eigenvalue weighted by molar-refractivity contribution is -0.153. The minimum Gasteiger partial charge on any atom is -0.508 e. The van der Waals surface area contributed by atoms with Crippen LogP contribution in [-0.2, 0) is 32.1 Å². The number of phenolic OH excluding ortho intramolecular Hbond substituents is 1. The number of hydrogen-bond acceptors (Lipinski definition) is 11. The number of nitrogens with two attached hydrogens (primary N) is 1. The van der Waals surface area contributed by atoms with Gasteiger partial charge in [-0.15, -0.1) is 6.58 Å². The van der Waals surface area contributed by atoms with Crippen LogP contribution in [0.3, 0.4) is 0 Å². The molecule has 4 rings (SSSR count). The van der Waals surface area contributed by atoms with E-state index in [-0.39, 0.29) is 62.4 Å². The van der Waals surface area contributed by atoms with E-state index >= 15 is 0 Å². The lowest BCUT2D eigenvalue weighted by Crippen LogP contribution is -2.65. The van der Waals surface area contributed by atoms with Crippen molar-refractivity contribution < 1.29 is 44.3 Å². The molecule has 6 N–H and O–H groups in total. The number of likely N-dealkylation sites (N-methyl/N-ethyl adjacent to an activating group) is 1. The zero-order valence-electron chi connectivity index (χ0n) is 24.9. The summed E-state index contributed by atoms with van der Waals surface area (Å²) in [7, 11) is 6.62. The van der Waals surface area contributed by atoms with Crippen LogP contribution in [0.5, 0.6) is 5.75 Å². The summed E-state index contributed by atoms with van der Waals surface area (Å²) in [6, 6.07) is 0.517. The minimum atomic E-state index is -2.73. The molecule has 0 aromatic heterocycles. The summed E-state index contributed by atoms with van der Waals surface area (Å²) in [5.41, 5.74) is 2.84. The van der Waals surface area contributed by atoms with E-state index in [4.69, 9.17) is 10.5 Å². The Kier molecular flexibility index (Phi) is 9.56. The third-order valence-corrected chi connectivity index (χ3v) is 8.49. The highest BCUT2D eigenvalue weighted by atomic mass is 16.6. The monoisotopic (exact) mass is 614 g/mol. The van der Waals surface area contributed by atoms with E-state index in [2.05, 4.69) is 6.58 Å². The Bertz CT molecular complexity index is 1480. The van der Waals surface area contributed by atoms with Gasteiger partial charge >= 0.3 is 6.09 Å². The zero-order chi connectivity index (χ0) is 32.1. The van der Waals surface area contributed by atoms with Gasteiger partial charge in [0.25, 0.3) is 5.91 Å². The van der Waals surface area contributed by atoms with Gasteiger partial charge in [-0.3, -0.25) is 19.3 Å². The third-order valence-electron chi connectivity index (χ3n) is 8.49. The van der Waals surface area contributed by atoms with E-state index in [0.717, 1.165) is 0 Å². The lowest BCUT2D eigenvalue weighted by atomic mass is 9.57. The van der Waals surface area contributed by atoms with Crippen LogP contribution in [0.1, 0.15) is 37.5 Å². The average Bonchev–Trinajstić information content (AvgIpc) is 2.91. The van der Waals surface area contributed by atoms with Crippen molar-refractivity contribution in [1.82, 2.24) is 9.80 Å². The molecule has 3 aliphatic carbocycles. The molecule has 0 heterocycles. The van der Waals surface area contributed by atoms with E-state index in [9.17, 15) is 39.6 Å². The van der Waals surface area contributed by atoms with Crippen LogP contribution >= 0.6 is 0 Å². The molecule has 0 radical (unpaired) electrons. The first-order chi connectivity index (χ1) is 20.1. The van der Waals surface area contributed by atoms with Gasteiger partial charge in [0, 0.05) is 43.4 Å². The molecular formula is C31H42N4O9. The van der Waals surface area contributed by atoms with E-state index in [1.165, 1.54) is 15.9 Å². The number of rotatable bonds is 8. The highest BCUT2D eigenvalue weighted by Gasteiger charge is 2.64. The maximum absolute atomic E-state index is 14.1. The molecule has 0 unspecified atom stereocenters. The highest BCUT2D eigenvalue weighted by Crippen LogP contribution is 2.54. The molecule has 1 fully saturated rings. The molecule has 1 aromatic rings. The standard InChI is InChI=1S/C30H38N4O9.CH4/c1-7-9-34(29(41)43-8-2)13-15-12-18(32(3)4)16-10-14-11-17-22(33(5)6)25(37)21(28(31)40)27(39)30(17,42)26(38)19(14)24(36)20(16)23(15)35;/h7,12,14,17,22,35-36,39,42H,1,8-11,13H2,2-6H3,(H2,31,40);1H4/t14-,17-,22-,30-;/m0./s1. The average molecular weight is 615 g/mol. The number of fused-ring (bicyclic) bond motifs is 3. The smallest absolute Gasteiger partial charge is 0.410 e. The number of aliphatic hydroxyl groups is 3. The van der Waals surface area contributed by atoms with Crippen molar-refractivity contribution in [3.63, 3.8) is 0 Å². The van der Waals surface area contributed by atoms with Gasteiger partial charge in [0.15, 0.2) is 11.4 Å². The Labute approximate surface area is 256 Å². The first-order valence-corrected chi connectivity index (χ1v) is 13.9. The van der Waals surface area contributed by atoms with Crippen LogP contribution in [-0.4, -0.2) is 107 Å². The Morgan fingerprint density at radius 2 is 1.82 bits per heavy atom. The van der Waals surface area contributed by atoms with Crippen molar-refractivity contribution in [2.24, 2.45) is 17.6 Å². The molecular weight excluding hydrogens is 572 g/mol. The van der Waals surface area contributed by atoms with Crippen molar-refractivity contribution in [2.45, 2.75) is 45.4 Å².